The Labute approximate surface area is 235 Å². The van der Waals surface area contributed by atoms with E-state index in [-0.39, 0.29) is 4.90 Å². The van der Waals surface area contributed by atoms with E-state index in [2.05, 4.69) is 32.0 Å². The highest BCUT2D eigenvalue weighted by Gasteiger charge is 2.15. The largest absolute Gasteiger partial charge is 0.294 e. The van der Waals surface area contributed by atoms with Crippen molar-refractivity contribution in [3.05, 3.63) is 41.5 Å². The molecule has 0 spiro atoms. The molecule has 0 saturated carbocycles. The Balaban J connectivity index is 1.87. The van der Waals surface area contributed by atoms with E-state index in [4.69, 9.17) is 0 Å². The molecule has 216 valence electrons. The Morgan fingerprint density at radius 3 is 1.39 bits per heavy atom. The molecule has 2 rings (SSSR count). The molecule has 2 aromatic rings. The monoisotopic (exact) mass is 544 g/mol. The first-order valence-corrected chi connectivity index (χ1v) is 17.4. The van der Waals surface area contributed by atoms with Crippen LogP contribution in [0, 0.1) is 0 Å². The maximum atomic E-state index is 12.1. The van der Waals surface area contributed by atoms with E-state index in [1.807, 2.05) is 0 Å². The number of hydrogen-bond acceptors (Lipinski definition) is 2. The normalized spacial score (nSPS) is 12.0. The third-order valence-corrected chi connectivity index (χ3v) is 8.87. The second kappa shape index (κ2) is 19.6. The molecule has 0 aliphatic carbocycles. The molecule has 0 aliphatic rings. The van der Waals surface area contributed by atoms with Gasteiger partial charge in [0, 0.05) is 0 Å². The zero-order chi connectivity index (χ0) is 27.5. The van der Waals surface area contributed by atoms with Gasteiger partial charge in [-0.2, -0.15) is 8.42 Å². The van der Waals surface area contributed by atoms with Crippen molar-refractivity contribution < 1.29 is 13.0 Å². The van der Waals surface area contributed by atoms with Gasteiger partial charge in [-0.25, -0.2) is 0 Å². The summed E-state index contributed by atoms with van der Waals surface area (Å²) in [6.07, 6.45) is 27.7. The van der Waals surface area contributed by atoms with Gasteiger partial charge in [-0.15, -0.1) is 0 Å². The molecule has 0 bridgehead atoms. The number of unbranched alkanes of at least 4 members (excludes halogenated alkanes) is 18. The summed E-state index contributed by atoms with van der Waals surface area (Å²) in [6.45, 7) is 4.52. The van der Waals surface area contributed by atoms with Gasteiger partial charge in [0.15, 0.2) is 0 Å². The summed E-state index contributed by atoms with van der Waals surface area (Å²) in [7, 11) is -4.23. The van der Waals surface area contributed by atoms with E-state index in [0.29, 0.717) is 0 Å². The fourth-order valence-corrected chi connectivity index (χ4v) is 6.23. The smallest absolute Gasteiger partial charge is 0.282 e. The molecule has 0 saturated heterocycles. The van der Waals surface area contributed by atoms with E-state index in [0.717, 1.165) is 42.0 Å². The van der Waals surface area contributed by atoms with Crippen LogP contribution in [0.4, 0.5) is 0 Å². The maximum absolute atomic E-state index is 12.1. The Hall–Kier alpha value is -1.39. The van der Waals surface area contributed by atoms with Gasteiger partial charge in [-0.1, -0.05) is 148 Å². The predicted molar refractivity (Wildman–Crippen MR) is 165 cm³/mol. The van der Waals surface area contributed by atoms with Crippen molar-refractivity contribution in [3.8, 4) is 0 Å². The van der Waals surface area contributed by atoms with Crippen LogP contribution in [0.5, 0.6) is 0 Å². The van der Waals surface area contributed by atoms with Crippen LogP contribution in [0.25, 0.3) is 10.8 Å². The molecule has 3 nitrogen and oxygen atoms in total. The number of hydrogen-bond donors (Lipinski definition) is 1. The highest BCUT2D eigenvalue weighted by Crippen LogP contribution is 2.29. The molecule has 0 heterocycles. The number of fused-ring (bicyclic) bond motifs is 1. The zero-order valence-electron chi connectivity index (χ0n) is 24.6. The minimum atomic E-state index is -4.23. The van der Waals surface area contributed by atoms with Crippen LogP contribution in [0.2, 0.25) is 0 Å². The van der Waals surface area contributed by atoms with Gasteiger partial charge in [-0.05, 0) is 59.7 Å². The van der Waals surface area contributed by atoms with E-state index in [1.54, 1.807) is 12.1 Å². The first kappa shape index (κ1) is 32.8. The Kier molecular flexibility index (Phi) is 17.0. The lowest BCUT2D eigenvalue weighted by Crippen LogP contribution is -2.01. The minimum absolute atomic E-state index is 0.0441. The Morgan fingerprint density at radius 2 is 0.947 bits per heavy atom. The number of benzene rings is 2. The van der Waals surface area contributed by atoms with Crippen molar-refractivity contribution in [2.75, 3.05) is 0 Å². The molecule has 0 fully saturated rings. The summed E-state index contributed by atoms with van der Waals surface area (Å²) >= 11 is 0. The topological polar surface area (TPSA) is 54.4 Å². The maximum Gasteiger partial charge on any atom is 0.294 e. The average Bonchev–Trinajstić information content (AvgIpc) is 2.90. The number of rotatable bonds is 23. The predicted octanol–water partition coefficient (Wildman–Crippen LogP) is 11.0. The van der Waals surface area contributed by atoms with Crippen molar-refractivity contribution >= 4 is 20.9 Å². The van der Waals surface area contributed by atoms with Gasteiger partial charge in [-0.3, -0.25) is 4.55 Å². The molecular weight excluding hydrogens is 488 g/mol. The standard InChI is InChI=1S/C34H56O3S/c1-3-5-7-9-11-13-15-17-19-21-24-30-26-23-27-33-31(28-32(29-34(30)33)38(35,36)37)25-22-20-18-16-14-12-10-8-6-4-2/h23,26-29H,3-22,24-25H2,1-2H3,(H,35,36,37). The van der Waals surface area contributed by atoms with E-state index >= 15 is 0 Å². The first-order valence-electron chi connectivity index (χ1n) is 16.0. The van der Waals surface area contributed by atoms with Gasteiger partial charge >= 0.3 is 0 Å². The summed E-state index contributed by atoms with van der Waals surface area (Å²) in [5, 5.41) is 2.15. The summed E-state index contributed by atoms with van der Waals surface area (Å²) in [5.74, 6) is 0. The molecular formula is C34H56O3S. The van der Waals surface area contributed by atoms with Crippen LogP contribution in [0.15, 0.2) is 35.2 Å². The molecule has 0 aromatic heterocycles. The fourth-order valence-electron chi connectivity index (χ4n) is 5.68. The molecule has 0 amide bonds. The Bertz CT molecular complexity index is 996. The molecule has 0 aliphatic heterocycles. The van der Waals surface area contributed by atoms with Crippen molar-refractivity contribution in [1.82, 2.24) is 0 Å². The molecule has 1 N–H and O–H groups in total. The minimum Gasteiger partial charge on any atom is -0.282 e. The lowest BCUT2D eigenvalue weighted by Gasteiger charge is -2.13. The highest BCUT2D eigenvalue weighted by atomic mass is 32.2. The molecule has 2 aromatic carbocycles. The first-order chi connectivity index (χ1) is 18.5. The fraction of sp³-hybridized carbons (Fsp3) is 0.706. The summed E-state index contributed by atoms with van der Waals surface area (Å²) in [5.41, 5.74) is 2.26. The Morgan fingerprint density at radius 1 is 0.526 bits per heavy atom. The second-order valence-corrected chi connectivity index (χ2v) is 12.9. The van der Waals surface area contributed by atoms with Gasteiger partial charge in [0.1, 0.15) is 0 Å². The summed E-state index contributed by atoms with van der Waals surface area (Å²) in [4.78, 5) is 0.0441. The van der Waals surface area contributed by atoms with Gasteiger partial charge < -0.3 is 0 Å². The molecule has 38 heavy (non-hydrogen) atoms. The SMILES string of the molecule is CCCCCCCCCCCCc1cc(S(=O)(=O)O)cc2c(CCCCCCCCCCCC)cccc12. The highest BCUT2D eigenvalue weighted by molar-refractivity contribution is 7.85. The quantitative estimate of drug-likeness (QED) is 0.112. The van der Waals surface area contributed by atoms with Gasteiger partial charge in [0.2, 0.25) is 0 Å². The molecule has 0 radical (unpaired) electrons. The van der Waals surface area contributed by atoms with Crippen LogP contribution in [0.1, 0.15) is 153 Å². The molecule has 0 unspecified atom stereocenters. The van der Waals surface area contributed by atoms with E-state index in [1.165, 1.54) is 121 Å². The summed E-state index contributed by atoms with van der Waals surface area (Å²) in [6, 6.07) is 9.77. The van der Waals surface area contributed by atoms with Crippen LogP contribution >= 0.6 is 0 Å². The van der Waals surface area contributed by atoms with Crippen LogP contribution in [-0.4, -0.2) is 13.0 Å². The van der Waals surface area contributed by atoms with Crippen LogP contribution in [-0.2, 0) is 23.0 Å². The third-order valence-electron chi connectivity index (χ3n) is 8.04. The third kappa shape index (κ3) is 13.1. The van der Waals surface area contributed by atoms with Crippen molar-refractivity contribution in [2.24, 2.45) is 0 Å². The van der Waals surface area contributed by atoms with E-state index in [9.17, 15) is 13.0 Å². The van der Waals surface area contributed by atoms with E-state index < -0.39 is 10.1 Å². The summed E-state index contributed by atoms with van der Waals surface area (Å²) < 4.78 is 34.0. The second-order valence-electron chi connectivity index (χ2n) is 11.4. The van der Waals surface area contributed by atoms with Crippen molar-refractivity contribution in [1.29, 1.82) is 0 Å². The van der Waals surface area contributed by atoms with Gasteiger partial charge in [0.25, 0.3) is 10.1 Å². The van der Waals surface area contributed by atoms with Gasteiger partial charge in [0.05, 0.1) is 4.90 Å². The van der Waals surface area contributed by atoms with Crippen molar-refractivity contribution in [3.63, 3.8) is 0 Å². The number of aryl methyl sites for hydroxylation is 2. The zero-order valence-corrected chi connectivity index (χ0v) is 25.4. The average molecular weight is 545 g/mol. The van der Waals surface area contributed by atoms with Crippen LogP contribution < -0.4 is 0 Å². The molecule has 4 heteroatoms. The lowest BCUT2D eigenvalue weighted by molar-refractivity contribution is 0.483. The lowest BCUT2D eigenvalue weighted by atomic mass is 9.94. The molecule has 0 atom stereocenters. The van der Waals surface area contributed by atoms with Crippen molar-refractivity contribution in [2.45, 2.75) is 160 Å². The van der Waals surface area contributed by atoms with Crippen LogP contribution in [0.3, 0.4) is 0 Å².